The molecule has 4 N–H and O–H groups in total. The van der Waals surface area contributed by atoms with Gasteiger partial charge in [0.25, 0.3) is 5.91 Å². The van der Waals surface area contributed by atoms with Crippen molar-refractivity contribution >= 4 is 28.3 Å². The number of fused-ring (bicyclic) bond motifs is 1. The number of nitrogens with one attached hydrogen (secondary N) is 2. The second-order valence-corrected chi connectivity index (χ2v) is 8.57. The van der Waals surface area contributed by atoms with E-state index in [2.05, 4.69) is 41.0 Å². The van der Waals surface area contributed by atoms with Crippen molar-refractivity contribution in [2.24, 2.45) is 0 Å². The van der Waals surface area contributed by atoms with Gasteiger partial charge in [0.15, 0.2) is 0 Å². The van der Waals surface area contributed by atoms with E-state index in [1.165, 1.54) is 0 Å². The molecule has 3 heterocycles. The molecule has 29 heavy (non-hydrogen) atoms. The molecule has 1 aliphatic heterocycles. The van der Waals surface area contributed by atoms with E-state index < -0.39 is 0 Å². The molecule has 1 aliphatic rings. The predicted molar refractivity (Wildman–Crippen MR) is 117 cm³/mol. The second-order valence-electron chi connectivity index (χ2n) is 8.57. The van der Waals surface area contributed by atoms with Crippen LogP contribution in [0, 0.1) is 0 Å². The summed E-state index contributed by atoms with van der Waals surface area (Å²) in [6.07, 6.45) is 1.78. The van der Waals surface area contributed by atoms with Crippen LogP contribution < -0.4 is 16.0 Å². The summed E-state index contributed by atoms with van der Waals surface area (Å²) in [6.45, 7) is 8.31. The number of carbonyl (C=O) groups is 1. The first-order chi connectivity index (χ1) is 13.8. The number of carbonyl (C=O) groups excluding carboxylic acids is 1. The number of aromatic amines is 1. The number of nitrogens with two attached hydrogens (primary N) is 1. The van der Waals surface area contributed by atoms with E-state index in [0.717, 1.165) is 16.7 Å². The molecule has 0 saturated carbocycles. The van der Waals surface area contributed by atoms with Crippen LogP contribution in [0.3, 0.4) is 0 Å². The third kappa shape index (κ3) is 4.19. The lowest BCUT2D eigenvalue weighted by Crippen LogP contribution is -2.63. The first-order valence-electron chi connectivity index (χ1n) is 9.93. The van der Waals surface area contributed by atoms with Crippen LogP contribution in [0.2, 0.25) is 0 Å². The van der Waals surface area contributed by atoms with Gasteiger partial charge in [-0.1, -0.05) is 6.07 Å². The number of amides is 1. The number of aromatic nitrogens is 2. The summed E-state index contributed by atoms with van der Waals surface area (Å²) >= 11 is 0. The minimum atomic E-state index is -0.0948. The van der Waals surface area contributed by atoms with Crippen LogP contribution >= 0.6 is 0 Å². The maximum absolute atomic E-state index is 13.2. The number of pyridine rings is 1. The number of nitrogen functional groups attached to an aromatic ring is 1. The Morgan fingerprint density at radius 3 is 2.76 bits per heavy atom. The van der Waals surface area contributed by atoms with E-state index in [9.17, 15) is 4.79 Å². The normalized spacial score (nSPS) is 17.7. The summed E-state index contributed by atoms with van der Waals surface area (Å²) < 4.78 is 0. The number of piperazine rings is 1. The van der Waals surface area contributed by atoms with Crippen molar-refractivity contribution in [3.05, 3.63) is 54.4 Å². The van der Waals surface area contributed by atoms with Gasteiger partial charge in [0, 0.05) is 41.4 Å². The Bertz CT molecular complexity index is 1010. The molecule has 0 aliphatic carbocycles. The fourth-order valence-electron chi connectivity index (χ4n) is 3.83. The molecule has 3 aromatic rings. The highest BCUT2D eigenvalue weighted by Crippen LogP contribution is 2.22. The zero-order valence-corrected chi connectivity index (χ0v) is 17.1. The Morgan fingerprint density at radius 1 is 1.21 bits per heavy atom. The molecule has 1 aromatic carbocycles. The molecule has 0 bridgehead atoms. The average molecular weight is 393 g/mol. The molecule has 1 amide bonds. The molecule has 0 radical (unpaired) electrons. The van der Waals surface area contributed by atoms with E-state index in [0.29, 0.717) is 31.0 Å². The van der Waals surface area contributed by atoms with E-state index >= 15 is 0 Å². The Morgan fingerprint density at radius 2 is 2.03 bits per heavy atom. The summed E-state index contributed by atoms with van der Waals surface area (Å²) in [5, 5.41) is 4.59. The lowest BCUT2D eigenvalue weighted by atomic mass is 10.1. The summed E-state index contributed by atoms with van der Waals surface area (Å²) in [7, 11) is 0. The largest absolute Gasteiger partial charge is 0.399 e. The van der Waals surface area contributed by atoms with Gasteiger partial charge in [-0.05, 0) is 57.2 Å². The molecular weight excluding hydrogens is 364 g/mol. The van der Waals surface area contributed by atoms with Gasteiger partial charge in [-0.25, -0.2) is 4.98 Å². The smallest absolute Gasteiger partial charge is 0.270 e. The third-order valence-corrected chi connectivity index (χ3v) is 5.09. The highest BCUT2D eigenvalue weighted by Gasteiger charge is 2.33. The molecule has 7 heteroatoms. The van der Waals surface area contributed by atoms with E-state index in [1.54, 1.807) is 6.20 Å². The summed E-state index contributed by atoms with van der Waals surface area (Å²) in [5.41, 5.74) is 7.97. The van der Waals surface area contributed by atoms with Crippen LogP contribution in [0.4, 0.5) is 11.5 Å². The van der Waals surface area contributed by atoms with Gasteiger partial charge in [-0.3, -0.25) is 10.1 Å². The molecule has 1 fully saturated rings. The molecule has 152 valence electrons. The number of anilines is 2. The van der Waals surface area contributed by atoms with Crippen LogP contribution in [-0.2, 0) is 0 Å². The van der Waals surface area contributed by atoms with Gasteiger partial charge in [-0.2, -0.15) is 0 Å². The van der Waals surface area contributed by atoms with E-state index in [-0.39, 0.29) is 17.6 Å². The number of H-pyrrole nitrogens is 1. The number of hydrogen-bond donors (Lipinski definition) is 3. The van der Waals surface area contributed by atoms with Crippen molar-refractivity contribution in [2.75, 3.05) is 30.3 Å². The van der Waals surface area contributed by atoms with Crippen LogP contribution in [-0.4, -0.2) is 52.1 Å². The number of rotatable bonds is 3. The van der Waals surface area contributed by atoms with Crippen LogP contribution in [0.15, 0.2) is 48.7 Å². The molecular formula is C22H28N6O. The standard InChI is InChI=1S/C22H28N6O/c1-22(2,3)26-20-14-27(10-11-28(20)19-6-4-5-9-24-19)21(29)18-13-15-12-16(23)7-8-17(15)25-18/h4-9,12-13,20,25-26H,10-11,14,23H2,1-3H3. The summed E-state index contributed by atoms with van der Waals surface area (Å²) in [4.78, 5) is 25.1. The highest BCUT2D eigenvalue weighted by atomic mass is 16.2. The molecule has 2 aromatic heterocycles. The van der Waals surface area contributed by atoms with Crippen molar-refractivity contribution < 1.29 is 4.79 Å². The van der Waals surface area contributed by atoms with Gasteiger partial charge in [0.05, 0.1) is 12.7 Å². The molecule has 1 saturated heterocycles. The fraction of sp³-hybridized carbons (Fsp3) is 0.364. The van der Waals surface area contributed by atoms with Crippen molar-refractivity contribution in [3.63, 3.8) is 0 Å². The van der Waals surface area contributed by atoms with Crippen LogP contribution in [0.25, 0.3) is 10.9 Å². The molecule has 7 nitrogen and oxygen atoms in total. The fourth-order valence-corrected chi connectivity index (χ4v) is 3.83. The maximum atomic E-state index is 13.2. The SMILES string of the molecule is CC(C)(C)NC1CN(C(=O)c2cc3cc(N)ccc3[nH]2)CCN1c1ccccn1. The number of nitrogens with zero attached hydrogens (tertiary/aromatic N) is 3. The number of benzene rings is 1. The minimum Gasteiger partial charge on any atom is -0.399 e. The Hall–Kier alpha value is -3.06. The monoisotopic (exact) mass is 392 g/mol. The highest BCUT2D eigenvalue weighted by molar-refractivity contribution is 5.98. The Balaban J connectivity index is 1.57. The average Bonchev–Trinajstić information content (AvgIpc) is 3.10. The van der Waals surface area contributed by atoms with Gasteiger partial charge in [0.2, 0.25) is 0 Å². The van der Waals surface area contributed by atoms with Crippen molar-refractivity contribution in [3.8, 4) is 0 Å². The minimum absolute atomic E-state index is 0.00107. The molecule has 0 spiro atoms. The van der Waals surface area contributed by atoms with Crippen molar-refractivity contribution in [1.82, 2.24) is 20.2 Å². The van der Waals surface area contributed by atoms with Crippen LogP contribution in [0.5, 0.6) is 0 Å². The Labute approximate surface area is 170 Å². The topological polar surface area (TPSA) is 90.3 Å². The predicted octanol–water partition coefficient (Wildman–Crippen LogP) is 2.82. The van der Waals surface area contributed by atoms with E-state index in [1.807, 2.05) is 47.4 Å². The van der Waals surface area contributed by atoms with Gasteiger partial charge < -0.3 is 20.5 Å². The quantitative estimate of drug-likeness (QED) is 0.597. The van der Waals surface area contributed by atoms with Gasteiger partial charge >= 0.3 is 0 Å². The lowest BCUT2D eigenvalue weighted by Gasteiger charge is -2.44. The summed E-state index contributed by atoms with van der Waals surface area (Å²) in [5.74, 6) is 0.920. The second kappa shape index (κ2) is 7.40. The van der Waals surface area contributed by atoms with Crippen molar-refractivity contribution in [1.29, 1.82) is 0 Å². The van der Waals surface area contributed by atoms with Gasteiger partial charge in [-0.15, -0.1) is 0 Å². The molecule has 1 unspecified atom stereocenters. The zero-order valence-electron chi connectivity index (χ0n) is 17.1. The first kappa shape index (κ1) is 19.3. The summed E-state index contributed by atoms with van der Waals surface area (Å²) in [6, 6.07) is 13.4. The van der Waals surface area contributed by atoms with Crippen LogP contribution in [0.1, 0.15) is 31.3 Å². The Kier molecular flexibility index (Phi) is 4.92. The number of hydrogen-bond acceptors (Lipinski definition) is 5. The van der Waals surface area contributed by atoms with Crippen molar-refractivity contribution in [2.45, 2.75) is 32.5 Å². The first-order valence-corrected chi connectivity index (χ1v) is 9.93. The van der Waals surface area contributed by atoms with Gasteiger partial charge in [0.1, 0.15) is 11.5 Å². The molecule has 4 rings (SSSR count). The van der Waals surface area contributed by atoms with E-state index in [4.69, 9.17) is 5.73 Å². The maximum Gasteiger partial charge on any atom is 0.270 e. The molecule has 1 atom stereocenters. The third-order valence-electron chi connectivity index (χ3n) is 5.09. The zero-order chi connectivity index (χ0) is 20.6. The lowest BCUT2D eigenvalue weighted by molar-refractivity contribution is 0.0695.